The lowest BCUT2D eigenvalue weighted by molar-refractivity contribution is 0.683. The van der Waals surface area contributed by atoms with Gasteiger partial charge in [-0.15, -0.1) is 0 Å². The fourth-order valence-corrected chi connectivity index (χ4v) is 2.96. The maximum atomic E-state index is 12.2. The van der Waals surface area contributed by atoms with Gasteiger partial charge in [-0.25, -0.2) is 0 Å². The Kier molecular flexibility index (Phi) is 4.58. The molecule has 0 spiro atoms. The number of H-pyrrole nitrogens is 1. The van der Waals surface area contributed by atoms with Crippen molar-refractivity contribution in [2.75, 3.05) is 6.54 Å². The average molecular weight is 306 g/mol. The van der Waals surface area contributed by atoms with E-state index in [9.17, 15) is 4.79 Å². The van der Waals surface area contributed by atoms with Gasteiger partial charge in [-0.1, -0.05) is 42.0 Å². The van der Waals surface area contributed by atoms with Gasteiger partial charge in [-0.3, -0.25) is 4.79 Å². The normalized spacial score (nSPS) is 11.0. The molecule has 3 aromatic rings. The summed E-state index contributed by atoms with van der Waals surface area (Å²) in [6.07, 6.45) is 0.963. The lowest BCUT2D eigenvalue weighted by atomic mass is 10.1. The van der Waals surface area contributed by atoms with Crippen molar-refractivity contribution in [2.45, 2.75) is 26.8 Å². The molecule has 0 saturated carbocycles. The van der Waals surface area contributed by atoms with Gasteiger partial charge in [0.25, 0.3) is 5.56 Å². The van der Waals surface area contributed by atoms with Crippen LogP contribution in [0.4, 0.5) is 0 Å². The molecule has 0 atom stereocenters. The maximum Gasteiger partial charge on any atom is 0.252 e. The van der Waals surface area contributed by atoms with Gasteiger partial charge in [0.15, 0.2) is 0 Å². The Morgan fingerprint density at radius 1 is 1.04 bits per heavy atom. The standard InChI is InChI=1S/C20H22N2O/c1-14-10-15(2)19-17(11-14)12-18(20(23)22-19)13-21-9-8-16-6-4-3-5-7-16/h3-7,10-12,21H,8-9,13H2,1-2H3,(H,22,23). The minimum absolute atomic E-state index is 0.00309. The van der Waals surface area contributed by atoms with Gasteiger partial charge >= 0.3 is 0 Å². The van der Waals surface area contributed by atoms with Gasteiger partial charge in [-0.05, 0) is 55.5 Å². The number of hydrogen-bond acceptors (Lipinski definition) is 2. The van der Waals surface area contributed by atoms with Gasteiger partial charge in [0, 0.05) is 12.1 Å². The van der Waals surface area contributed by atoms with E-state index in [4.69, 9.17) is 0 Å². The maximum absolute atomic E-state index is 12.2. The first kappa shape index (κ1) is 15.5. The minimum Gasteiger partial charge on any atom is -0.321 e. The number of fused-ring (bicyclic) bond motifs is 1. The summed E-state index contributed by atoms with van der Waals surface area (Å²) in [4.78, 5) is 15.3. The molecule has 1 heterocycles. The van der Waals surface area contributed by atoms with Gasteiger partial charge in [-0.2, -0.15) is 0 Å². The van der Waals surface area contributed by atoms with Crippen LogP contribution < -0.4 is 10.9 Å². The van der Waals surface area contributed by atoms with Crippen LogP contribution in [0, 0.1) is 13.8 Å². The van der Waals surface area contributed by atoms with Crippen LogP contribution in [0.2, 0.25) is 0 Å². The van der Waals surface area contributed by atoms with Crippen molar-refractivity contribution in [1.29, 1.82) is 0 Å². The zero-order chi connectivity index (χ0) is 16.2. The molecular weight excluding hydrogens is 284 g/mol. The van der Waals surface area contributed by atoms with Crippen molar-refractivity contribution >= 4 is 10.9 Å². The van der Waals surface area contributed by atoms with Gasteiger partial charge in [0.2, 0.25) is 0 Å². The van der Waals surface area contributed by atoms with E-state index in [2.05, 4.69) is 41.5 Å². The zero-order valence-electron chi connectivity index (χ0n) is 13.6. The first-order valence-electron chi connectivity index (χ1n) is 8.01. The predicted molar refractivity (Wildman–Crippen MR) is 95.9 cm³/mol. The molecule has 2 N–H and O–H groups in total. The Bertz CT molecular complexity index is 866. The van der Waals surface area contributed by atoms with Crippen LogP contribution in [0.15, 0.2) is 53.3 Å². The first-order valence-corrected chi connectivity index (χ1v) is 8.01. The van der Waals surface area contributed by atoms with Gasteiger partial charge in [0.1, 0.15) is 0 Å². The second-order valence-electron chi connectivity index (χ2n) is 6.08. The molecule has 0 unspecified atom stereocenters. The summed E-state index contributed by atoms with van der Waals surface area (Å²) in [5.74, 6) is 0. The Labute approximate surface area is 136 Å². The van der Waals surface area contributed by atoms with Crippen molar-refractivity contribution in [3.63, 3.8) is 0 Å². The molecule has 0 aliphatic heterocycles. The molecule has 0 aliphatic rings. The Hall–Kier alpha value is -2.39. The second kappa shape index (κ2) is 6.80. The molecule has 1 aromatic heterocycles. The Balaban J connectivity index is 1.70. The Morgan fingerprint density at radius 3 is 2.61 bits per heavy atom. The number of aryl methyl sites for hydroxylation is 2. The summed E-state index contributed by atoms with van der Waals surface area (Å²) in [5.41, 5.74) is 5.35. The molecule has 0 amide bonds. The number of rotatable bonds is 5. The van der Waals surface area contributed by atoms with E-state index in [1.165, 1.54) is 11.1 Å². The van der Waals surface area contributed by atoms with E-state index in [1.807, 2.05) is 31.2 Å². The first-order chi connectivity index (χ1) is 11.1. The molecule has 3 heteroatoms. The van der Waals surface area contributed by atoms with E-state index in [1.54, 1.807) is 0 Å². The highest BCUT2D eigenvalue weighted by Gasteiger charge is 2.05. The zero-order valence-corrected chi connectivity index (χ0v) is 13.6. The average Bonchev–Trinajstić information content (AvgIpc) is 2.54. The van der Waals surface area contributed by atoms with Crippen molar-refractivity contribution in [3.05, 3.63) is 81.1 Å². The summed E-state index contributed by atoms with van der Waals surface area (Å²) < 4.78 is 0. The highest BCUT2D eigenvalue weighted by molar-refractivity contribution is 5.82. The molecule has 0 aliphatic carbocycles. The number of nitrogens with one attached hydrogen (secondary N) is 2. The van der Waals surface area contributed by atoms with Gasteiger partial charge in [0.05, 0.1) is 5.52 Å². The molecular formula is C20H22N2O. The van der Waals surface area contributed by atoms with Crippen LogP contribution in [-0.2, 0) is 13.0 Å². The minimum atomic E-state index is -0.00309. The van der Waals surface area contributed by atoms with E-state index in [0.29, 0.717) is 6.54 Å². The molecule has 2 aromatic carbocycles. The summed E-state index contributed by atoms with van der Waals surface area (Å²) in [6, 6.07) is 16.6. The lowest BCUT2D eigenvalue weighted by Gasteiger charge is -2.08. The molecule has 0 saturated heterocycles. The molecule has 0 bridgehead atoms. The van der Waals surface area contributed by atoms with E-state index < -0.39 is 0 Å². The number of hydrogen-bond donors (Lipinski definition) is 2. The molecule has 0 fully saturated rings. The number of pyridine rings is 1. The predicted octanol–water partition coefficient (Wildman–Crippen LogP) is 3.48. The molecule has 23 heavy (non-hydrogen) atoms. The SMILES string of the molecule is Cc1cc(C)c2[nH]c(=O)c(CNCCc3ccccc3)cc2c1. The summed E-state index contributed by atoms with van der Waals surface area (Å²) >= 11 is 0. The monoisotopic (exact) mass is 306 g/mol. The van der Waals surface area contributed by atoms with Crippen LogP contribution in [0.3, 0.4) is 0 Å². The molecule has 0 radical (unpaired) electrons. The number of benzene rings is 2. The smallest absolute Gasteiger partial charge is 0.252 e. The molecule has 3 nitrogen and oxygen atoms in total. The fraction of sp³-hybridized carbons (Fsp3) is 0.250. The van der Waals surface area contributed by atoms with Crippen LogP contribution >= 0.6 is 0 Å². The van der Waals surface area contributed by atoms with E-state index >= 15 is 0 Å². The van der Waals surface area contributed by atoms with Crippen molar-refractivity contribution < 1.29 is 0 Å². The van der Waals surface area contributed by atoms with Gasteiger partial charge < -0.3 is 10.3 Å². The van der Waals surface area contributed by atoms with Crippen LogP contribution in [-0.4, -0.2) is 11.5 Å². The largest absolute Gasteiger partial charge is 0.321 e. The van der Waals surface area contributed by atoms with E-state index in [0.717, 1.165) is 35.0 Å². The number of aromatic nitrogens is 1. The van der Waals surface area contributed by atoms with Crippen molar-refractivity contribution in [1.82, 2.24) is 10.3 Å². The van der Waals surface area contributed by atoms with Crippen LogP contribution in [0.1, 0.15) is 22.3 Å². The summed E-state index contributed by atoms with van der Waals surface area (Å²) in [7, 11) is 0. The Morgan fingerprint density at radius 2 is 1.83 bits per heavy atom. The lowest BCUT2D eigenvalue weighted by Crippen LogP contribution is -2.23. The summed E-state index contributed by atoms with van der Waals surface area (Å²) in [5, 5.41) is 4.46. The fourth-order valence-electron chi connectivity index (χ4n) is 2.96. The highest BCUT2D eigenvalue weighted by Crippen LogP contribution is 2.17. The second-order valence-corrected chi connectivity index (χ2v) is 6.08. The topological polar surface area (TPSA) is 44.9 Å². The molecule has 3 rings (SSSR count). The van der Waals surface area contributed by atoms with Crippen LogP contribution in [0.5, 0.6) is 0 Å². The third-order valence-corrected chi connectivity index (χ3v) is 4.12. The van der Waals surface area contributed by atoms with Crippen molar-refractivity contribution in [2.24, 2.45) is 0 Å². The quantitative estimate of drug-likeness (QED) is 0.709. The third kappa shape index (κ3) is 3.69. The highest BCUT2D eigenvalue weighted by atomic mass is 16.1. The van der Waals surface area contributed by atoms with Crippen LogP contribution in [0.25, 0.3) is 10.9 Å². The number of aromatic amines is 1. The summed E-state index contributed by atoms with van der Waals surface area (Å²) in [6.45, 7) is 5.55. The van der Waals surface area contributed by atoms with E-state index in [-0.39, 0.29) is 5.56 Å². The third-order valence-electron chi connectivity index (χ3n) is 4.12. The molecule has 118 valence electrons. The van der Waals surface area contributed by atoms with Crippen molar-refractivity contribution in [3.8, 4) is 0 Å².